The lowest BCUT2D eigenvalue weighted by molar-refractivity contribution is 0.0924. The van der Waals surface area contributed by atoms with Crippen molar-refractivity contribution in [3.8, 4) is 0 Å². The highest BCUT2D eigenvalue weighted by Gasteiger charge is 2.18. The predicted molar refractivity (Wildman–Crippen MR) is 70.5 cm³/mol. The van der Waals surface area contributed by atoms with Crippen LogP contribution in [0.3, 0.4) is 0 Å². The maximum Gasteiger partial charge on any atom is 0.254 e. The van der Waals surface area contributed by atoms with Crippen LogP contribution >= 0.6 is 15.9 Å². The number of halogens is 2. The van der Waals surface area contributed by atoms with Crippen LogP contribution in [0.25, 0.3) is 0 Å². The van der Waals surface area contributed by atoms with Crippen LogP contribution in [0.2, 0.25) is 0 Å². The maximum absolute atomic E-state index is 13.7. The number of nitrogens with one attached hydrogen (secondary N) is 1. The summed E-state index contributed by atoms with van der Waals surface area (Å²) in [7, 11) is 0. The molecule has 0 aliphatic rings. The zero-order chi connectivity index (χ0) is 13.0. The Kier molecular flexibility index (Phi) is 5.12. The molecule has 1 aromatic carbocycles. The number of hydrogen-bond donors (Lipinski definition) is 1. The SMILES string of the molecule is CCC(C)C(C)NC(=O)c1cccc(Br)c1F. The summed E-state index contributed by atoms with van der Waals surface area (Å²) in [5.41, 5.74) is 0.0783. The van der Waals surface area contributed by atoms with Crippen LogP contribution in [0.15, 0.2) is 22.7 Å². The molecule has 0 aliphatic carbocycles. The third-order valence-corrected chi connectivity index (χ3v) is 3.66. The molecule has 0 saturated heterocycles. The molecule has 94 valence electrons. The fraction of sp³-hybridized carbons (Fsp3) is 0.462. The predicted octanol–water partition coefficient (Wildman–Crippen LogP) is 3.75. The topological polar surface area (TPSA) is 29.1 Å². The second-order valence-corrected chi connectivity index (χ2v) is 5.10. The Hall–Kier alpha value is -0.900. The molecule has 1 rings (SSSR count). The van der Waals surface area contributed by atoms with Crippen LogP contribution < -0.4 is 5.32 Å². The van der Waals surface area contributed by atoms with E-state index in [9.17, 15) is 9.18 Å². The van der Waals surface area contributed by atoms with E-state index in [0.717, 1.165) is 6.42 Å². The molecule has 4 heteroatoms. The molecule has 0 radical (unpaired) electrons. The first-order chi connectivity index (χ1) is 7.97. The Labute approximate surface area is 110 Å². The fourth-order valence-electron chi connectivity index (χ4n) is 1.46. The number of carbonyl (C=O) groups excluding carboxylic acids is 1. The summed E-state index contributed by atoms with van der Waals surface area (Å²) in [5.74, 6) is -0.507. The van der Waals surface area contributed by atoms with Crippen molar-refractivity contribution < 1.29 is 9.18 Å². The molecule has 1 N–H and O–H groups in total. The van der Waals surface area contributed by atoms with Gasteiger partial charge in [0, 0.05) is 6.04 Å². The molecule has 17 heavy (non-hydrogen) atoms. The summed E-state index contributed by atoms with van der Waals surface area (Å²) in [6.45, 7) is 6.05. The summed E-state index contributed by atoms with van der Waals surface area (Å²) in [6.07, 6.45) is 0.975. The Morgan fingerprint density at radius 1 is 1.47 bits per heavy atom. The van der Waals surface area contributed by atoms with E-state index in [1.165, 1.54) is 6.07 Å². The van der Waals surface area contributed by atoms with Gasteiger partial charge >= 0.3 is 0 Å². The number of carbonyl (C=O) groups is 1. The molecule has 2 nitrogen and oxygen atoms in total. The maximum atomic E-state index is 13.7. The average molecular weight is 302 g/mol. The number of amides is 1. The lowest BCUT2D eigenvalue weighted by Gasteiger charge is -2.20. The van der Waals surface area contributed by atoms with Gasteiger partial charge in [-0.3, -0.25) is 4.79 Å². The van der Waals surface area contributed by atoms with Crippen molar-refractivity contribution in [2.75, 3.05) is 0 Å². The number of rotatable bonds is 4. The van der Waals surface area contributed by atoms with Crippen molar-refractivity contribution in [3.05, 3.63) is 34.1 Å². The quantitative estimate of drug-likeness (QED) is 0.901. The third kappa shape index (κ3) is 3.53. The average Bonchev–Trinajstić information content (AvgIpc) is 2.31. The van der Waals surface area contributed by atoms with Gasteiger partial charge < -0.3 is 5.32 Å². The van der Waals surface area contributed by atoms with Crippen molar-refractivity contribution in [2.45, 2.75) is 33.2 Å². The van der Waals surface area contributed by atoms with E-state index >= 15 is 0 Å². The van der Waals surface area contributed by atoms with Crippen LogP contribution in [0, 0.1) is 11.7 Å². The minimum atomic E-state index is -0.513. The van der Waals surface area contributed by atoms with Crippen LogP contribution in [-0.4, -0.2) is 11.9 Å². The molecule has 2 atom stereocenters. The van der Waals surface area contributed by atoms with Gasteiger partial charge in [0.15, 0.2) is 0 Å². The van der Waals surface area contributed by atoms with Gasteiger partial charge in [-0.25, -0.2) is 4.39 Å². The first kappa shape index (κ1) is 14.2. The van der Waals surface area contributed by atoms with E-state index in [1.54, 1.807) is 12.1 Å². The van der Waals surface area contributed by atoms with Gasteiger partial charge in [-0.2, -0.15) is 0 Å². The van der Waals surface area contributed by atoms with Crippen molar-refractivity contribution in [2.24, 2.45) is 5.92 Å². The van der Waals surface area contributed by atoms with Gasteiger partial charge in [-0.05, 0) is 40.9 Å². The Morgan fingerprint density at radius 3 is 2.71 bits per heavy atom. The molecule has 1 amide bonds. The molecule has 1 aromatic rings. The van der Waals surface area contributed by atoms with Crippen molar-refractivity contribution in [1.29, 1.82) is 0 Å². The molecule has 0 aromatic heterocycles. The smallest absolute Gasteiger partial charge is 0.254 e. The van der Waals surface area contributed by atoms with E-state index in [0.29, 0.717) is 10.4 Å². The van der Waals surface area contributed by atoms with Crippen LogP contribution in [-0.2, 0) is 0 Å². The highest BCUT2D eigenvalue weighted by atomic mass is 79.9. The summed E-state index contributed by atoms with van der Waals surface area (Å²) in [4.78, 5) is 11.9. The van der Waals surface area contributed by atoms with Gasteiger partial charge in [0.2, 0.25) is 0 Å². The summed E-state index contributed by atoms with van der Waals surface area (Å²) >= 11 is 3.07. The lowest BCUT2D eigenvalue weighted by atomic mass is 10.0. The molecule has 0 fully saturated rings. The first-order valence-corrected chi connectivity index (χ1v) is 6.51. The van der Waals surface area contributed by atoms with Gasteiger partial charge in [-0.1, -0.05) is 26.3 Å². The number of hydrogen-bond acceptors (Lipinski definition) is 1. The second-order valence-electron chi connectivity index (χ2n) is 4.25. The lowest BCUT2D eigenvalue weighted by Crippen LogP contribution is -2.37. The normalized spacial score (nSPS) is 14.2. The van der Waals surface area contributed by atoms with Crippen molar-refractivity contribution in [1.82, 2.24) is 5.32 Å². The van der Waals surface area contributed by atoms with Crippen LogP contribution in [0.1, 0.15) is 37.6 Å². The second kappa shape index (κ2) is 6.15. The minimum absolute atomic E-state index is 0.0332. The van der Waals surface area contributed by atoms with E-state index in [1.807, 2.05) is 6.92 Å². The van der Waals surface area contributed by atoms with Crippen molar-refractivity contribution in [3.63, 3.8) is 0 Å². The van der Waals surface area contributed by atoms with E-state index in [4.69, 9.17) is 0 Å². The van der Waals surface area contributed by atoms with Gasteiger partial charge in [0.25, 0.3) is 5.91 Å². The highest BCUT2D eigenvalue weighted by Crippen LogP contribution is 2.19. The van der Waals surface area contributed by atoms with Crippen LogP contribution in [0.4, 0.5) is 4.39 Å². The zero-order valence-electron chi connectivity index (χ0n) is 10.3. The van der Waals surface area contributed by atoms with Crippen molar-refractivity contribution >= 4 is 21.8 Å². The highest BCUT2D eigenvalue weighted by molar-refractivity contribution is 9.10. The van der Waals surface area contributed by atoms with E-state index in [-0.39, 0.29) is 17.5 Å². The fourth-order valence-corrected chi connectivity index (χ4v) is 1.83. The van der Waals surface area contributed by atoms with E-state index in [2.05, 4.69) is 35.1 Å². The zero-order valence-corrected chi connectivity index (χ0v) is 11.8. The Balaban J connectivity index is 2.80. The summed E-state index contributed by atoms with van der Waals surface area (Å²) < 4.78 is 14.0. The molecular formula is C13H17BrFNO. The molecule has 0 spiro atoms. The summed E-state index contributed by atoms with van der Waals surface area (Å²) in [5, 5.41) is 2.82. The molecule has 2 unspecified atom stereocenters. The molecule has 0 aliphatic heterocycles. The Morgan fingerprint density at radius 2 is 2.12 bits per heavy atom. The molecule has 0 bridgehead atoms. The van der Waals surface area contributed by atoms with Gasteiger partial charge in [0.05, 0.1) is 10.0 Å². The summed E-state index contributed by atoms with van der Waals surface area (Å²) in [6, 6.07) is 4.74. The third-order valence-electron chi connectivity index (χ3n) is 3.05. The van der Waals surface area contributed by atoms with Crippen LogP contribution in [0.5, 0.6) is 0 Å². The number of benzene rings is 1. The molecule has 0 saturated carbocycles. The van der Waals surface area contributed by atoms with Gasteiger partial charge in [0.1, 0.15) is 5.82 Å². The molecular weight excluding hydrogens is 285 g/mol. The van der Waals surface area contributed by atoms with E-state index < -0.39 is 5.82 Å². The monoisotopic (exact) mass is 301 g/mol. The standard InChI is InChI=1S/C13H17BrFNO/c1-4-8(2)9(3)16-13(17)10-6-5-7-11(14)12(10)15/h5-9H,4H2,1-3H3,(H,16,17). The Bertz CT molecular complexity index is 408. The molecule has 0 heterocycles. The largest absolute Gasteiger partial charge is 0.349 e. The first-order valence-electron chi connectivity index (χ1n) is 5.72. The van der Waals surface area contributed by atoms with Gasteiger partial charge in [-0.15, -0.1) is 0 Å². The minimum Gasteiger partial charge on any atom is -0.349 e.